The first-order chi connectivity index (χ1) is 14.7. The molecule has 2 aromatic carbocycles. The molecular formula is C24H22FN3O3. The summed E-state index contributed by atoms with van der Waals surface area (Å²) < 4.78 is 13.4. The average Bonchev–Trinajstić information content (AvgIpc) is 3.20. The van der Waals surface area contributed by atoms with Gasteiger partial charge >= 0.3 is 0 Å². The first-order valence-corrected chi connectivity index (χ1v) is 10.3. The summed E-state index contributed by atoms with van der Waals surface area (Å²) in [7, 11) is 0. The van der Waals surface area contributed by atoms with Gasteiger partial charge in [-0.05, 0) is 35.4 Å². The molecule has 3 heterocycles. The Bertz CT molecular complexity index is 1140. The van der Waals surface area contributed by atoms with Gasteiger partial charge in [0.2, 0.25) is 11.8 Å². The quantitative estimate of drug-likeness (QED) is 0.701. The molecule has 7 heteroatoms. The molecule has 3 aliphatic heterocycles. The van der Waals surface area contributed by atoms with E-state index in [0.29, 0.717) is 5.69 Å². The molecule has 1 unspecified atom stereocenters. The largest absolute Gasteiger partial charge is 0.297 e. The van der Waals surface area contributed by atoms with E-state index < -0.39 is 41.1 Å². The Balaban J connectivity index is 1.66. The van der Waals surface area contributed by atoms with Crippen molar-refractivity contribution in [2.45, 2.75) is 32.9 Å². The molecule has 5 rings (SSSR count). The predicted octanol–water partition coefficient (Wildman–Crippen LogP) is 3.32. The molecule has 0 aliphatic carbocycles. The third-order valence-electron chi connectivity index (χ3n) is 6.39. The highest BCUT2D eigenvalue weighted by Gasteiger charge is 2.66. The highest BCUT2D eigenvalue weighted by atomic mass is 19.1. The topological polar surface area (TPSA) is 70.0 Å². The van der Waals surface area contributed by atoms with Gasteiger partial charge in [0, 0.05) is 5.41 Å². The molecule has 2 amide bonds. The van der Waals surface area contributed by atoms with E-state index in [1.807, 2.05) is 24.3 Å². The maximum Gasteiger partial charge on any atom is 0.240 e. The first kappa shape index (κ1) is 19.6. The highest BCUT2D eigenvalue weighted by Crippen LogP contribution is 2.53. The molecule has 0 spiro atoms. The molecule has 6 nitrogen and oxygen atoms in total. The Hall–Kier alpha value is -3.35. The van der Waals surface area contributed by atoms with Crippen LogP contribution in [0.2, 0.25) is 0 Å². The fraction of sp³-hybridized carbons (Fsp3) is 0.333. The van der Waals surface area contributed by atoms with Crippen molar-refractivity contribution in [3.63, 3.8) is 0 Å². The zero-order valence-electron chi connectivity index (χ0n) is 17.4. The molecule has 2 saturated heterocycles. The van der Waals surface area contributed by atoms with Crippen molar-refractivity contribution < 1.29 is 18.8 Å². The molecule has 3 aliphatic rings. The smallest absolute Gasteiger partial charge is 0.240 e. The normalized spacial score (nSPS) is 26.7. The summed E-state index contributed by atoms with van der Waals surface area (Å²) in [6.07, 6.45) is 1.68. The minimum atomic E-state index is -0.849. The van der Waals surface area contributed by atoms with Gasteiger partial charge in [0.1, 0.15) is 11.9 Å². The molecule has 0 bridgehead atoms. The zero-order valence-corrected chi connectivity index (χ0v) is 17.4. The fourth-order valence-corrected chi connectivity index (χ4v) is 4.96. The van der Waals surface area contributed by atoms with E-state index in [1.54, 1.807) is 32.0 Å². The SMILES string of the molecule is CC(C)(C)C(=O)[C@H]1[C@H]2C(=O)N(c3ccc(F)cc3)C(=O)[C@H]2C2c3ccccc3C=NN21. The van der Waals surface area contributed by atoms with Gasteiger partial charge in [-0.1, -0.05) is 45.0 Å². The van der Waals surface area contributed by atoms with E-state index in [-0.39, 0.29) is 11.7 Å². The lowest BCUT2D eigenvalue weighted by molar-refractivity contribution is -0.136. The second-order valence-electron chi connectivity index (χ2n) is 9.30. The van der Waals surface area contributed by atoms with Gasteiger partial charge in [0.25, 0.3) is 0 Å². The van der Waals surface area contributed by atoms with Crippen LogP contribution in [0.25, 0.3) is 0 Å². The van der Waals surface area contributed by atoms with E-state index in [9.17, 15) is 18.8 Å². The Morgan fingerprint density at radius 3 is 2.29 bits per heavy atom. The Morgan fingerprint density at radius 1 is 0.968 bits per heavy atom. The lowest BCUT2D eigenvalue weighted by Gasteiger charge is -2.35. The number of rotatable bonds is 2. The summed E-state index contributed by atoms with van der Waals surface area (Å²) in [6, 6.07) is 11.5. The summed E-state index contributed by atoms with van der Waals surface area (Å²) in [4.78, 5) is 41.7. The number of halogens is 1. The zero-order chi connectivity index (χ0) is 22.1. The first-order valence-electron chi connectivity index (χ1n) is 10.3. The number of benzene rings is 2. The van der Waals surface area contributed by atoms with E-state index in [1.165, 1.54) is 24.3 Å². The fourth-order valence-electron chi connectivity index (χ4n) is 4.96. The van der Waals surface area contributed by atoms with Gasteiger partial charge in [0.15, 0.2) is 5.78 Å². The van der Waals surface area contributed by atoms with Crippen molar-refractivity contribution in [3.05, 3.63) is 65.5 Å². The summed E-state index contributed by atoms with van der Waals surface area (Å²) >= 11 is 0. The van der Waals surface area contributed by atoms with Crippen LogP contribution < -0.4 is 4.90 Å². The minimum Gasteiger partial charge on any atom is -0.297 e. The van der Waals surface area contributed by atoms with Crippen molar-refractivity contribution in [1.82, 2.24) is 5.01 Å². The highest BCUT2D eigenvalue weighted by molar-refractivity contribution is 6.24. The van der Waals surface area contributed by atoms with E-state index >= 15 is 0 Å². The van der Waals surface area contributed by atoms with Crippen LogP contribution in [0.4, 0.5) is 10.1 Å². The number of carbonyl (C=O) groups excluding carboxylic acids is 3. The minimum absolute atomic E-state index is 0.136. The molecule has 0 radical (unpaired) electrons. The molecular weight excluding hydrogens is 397 g/mol. The number of imide groups is 1. The molecule has 4 atom stereocenters. The van der Waals surface area contributed by atoms with E-state index in [4.69, 9.17) is 0 Å². The average molecular weight is 419 g/mol. The van der Waals surface area contributed by atoms with Crippen molar-refractivity contribution in [2.24, 2.45) is 22.4 Å². The number of fused-ring (bicyclic) bond motifs is 5. The van der Waals surface area contributed by atoms with Crippen molar-refractivity contribution in [1.29, 1.82) is 0 Å². The van der Waals surface area contributed by atoms with Gasteiger partial charge < -0.3 is 0 Å². The Morgan fingerprint density at radius 2 is 1.61 bits per heavy atom. The Kier molecular flexibility index (Phi) is 4.16. The van der Waals surface area contributed by atoms with Crippen LogP contribution in [0.1, 0.15) is 37.9 Å². The summed E-state index contributed by atoms with van der Waals surface area (Å²) in [5.41, 5.74) is 1.33. The van der Waals surface area contributed by atoms with Gasteiger partial charge in [-0.2, -0.15) is 5.10 Å². The molecule has 0 saturated carbocycles. The Labute approximate surface area is 179 Å². The maximum atomic E-state index is 13.6. The van der Waals surface area contributed by atoms with E-state index in [0.717, 1.165) is 16.0 Å². The van der Waals surface area contributed by atoms with Crippen molar-refractivity contribution >= 4 is 29.5 Å². The van der Waals surface area contributed by atoms with E-state index in [2.05, 4.69) is 5.10 Å². The van der Waals surface area contributed by atoms with Gasteiger partial charge in [-0.3, -0.25) is 19.4 Å². The third-order valence-corrected chi connectivity index (χ3v) is 6.39. The molecule has 0 aromatic heterocycles. The van der Waals surface area contributed by atoms with Crippen LogP contribution in [0.15, 0.2) is 53.6 Å². The number of carbonyl (C=O) groups is 3. The summed E-state index contributed by atoms with van der Waals surface area (Å²) in [5, 5.41) is 6.18. The lowest BCUT2D eigenvalue weighted by Crippen LogP contribution is -2.48. The molecule has 31 heavy (non-hydrogen) atoms. The molecule has 2 fully saturated rings. The lowest BCUT2D eigenvalue weighted by atomic mass is 9.79. The number of hydrogen-bond acceptors (Lipinski definition) is 5. The van der Waals surface area contributed by atoms with Crippen LogP contribution >= 0.6 is 0 Å². The number of nitrogens with zero attached hydrogens (tertiary/aromatic N) is 3. The number of Topliss-reactive ketones (excluding diaryl/α,β-unsaturated/α-hetero) is 1. The number of amides is 2. The second-order valence-corrected chi connectivity index (χ2v) is 9.30. The molecule has 2 aromatic rings. The van der Waals surface area contributed by atoms with Crippen LogP contribution in [0.5, 0.6) is 0 Å². The molecule has 0 N–H and O–H groups in total. The third kappa shape index (κ3) is 2.76. The predicted molar refractivity (Wildman–Crippen MR) is 113 cm³/mol. The van der Waals surface area contributed by atoms with Crippen LogP contribution in [0, 0.1) is 23.1 Å². The number of hydrazone groups is 1. The monoisotopic (exact) mass is 419 g/mol. The van der Waals surface area contributed by atoms with Crippen LogP contribution in [-0.4, -0.2) is 34.9 Å². The standard InChI is InChI=1S/C24H22FN3O3/c1-24(2,3)21(29)20-18-17(19-16-7-5-4-6-13(16)12-26-28(19)20)22(30)27(23(18)31)15-10-8-14(25)9-11-15/h4-12,17-20H,1-3H3/t17-,18+,19?,20-/m1/s1. The van der Waals surface area contributed by atoms with Gasteiger partial charge in [-0.15, -0.1) is 0 Å². The van der Waals surface area contributed by atoms with Crippen molar-refractivity contribution in [2.75, 3.05) is 4.90 Å². The van der Waals surface area contributed by atoms with Gasteiger partial charge in [0.05, 0.1) is 29.8 Å². The maximum absolute atomic E-state index is 13.6. The van der Waals surface area contributed by atoms with Crippen molar-refractivity contribution in [3.8, 4) is 0 Å². The van der Waals surface area contributed by atoms with Crippen LogP contribution in [0.3, 0.4) is 0 Å². The number of ketones is 1. The molecule has 158 valence electrons. The number of hydrogen-bond donors (Lipinski definition) is 0. The summed E-state index contributed by atoms with van der Waals surface area (Å²) in [5.74, 6) is -3.00. The summed E-state index contributed by atoms with van der Waals surface area (Å²) in [6.45, 7) is 5.41. The van der Waals surface area contributed by atoms with Crippen LogP contribution in [-0.2, 0) is 14.4 Å². The van der Waals surface area contributed by atoms with Gasteiger partial charge in [-0.25, -0.2) is 9.29 Å². The second kappa shape index (κ2) is 6.57. The number of anilines is 1.